The molecule has 0 saturated heterocycles. The number of hydrogen-bond donors (Lipinski definition) is 1. The van der Waals surface area contributed by atoms with E-state index in [1.165, 1.54) is 11.1 Å². The standard InChI is InChI=1S/C17H20BrNO/c1-3-10-19-12-14-6-9-17(16(18)11-14)20-15-7-4-13(2)5-8-15/h4-9,11,19H,3,10,12H2,1-2H3. The lowest BCUT2D eigenvalue weighted by molar-refractivity contribution is 0.479. The van der Waals surface area contributed by atoms with Gasteiger partial charge in [0.15, 0.2) is 0 Å². The average Bonchev–Trinajstić information content (AvgIpc) is 2.44. The number of hydrogen-bond acceptors (Lipinski definition) is 2. The van der Waals surface area contributed by atoms with Crippen LogP contribution in [0.2, 0.25) is 0 Å². The van der Waals surface area contributed by atoms with E-state index >= 15 is 0 Å². The van der Waals surface area contributed by atoms with Crippen LogP contribution in [-0.4, -0.2) is 6.54 Å². The molecule has 20 heavy (non-hydrogen) atoms. The third kappa shape index (κ3) is 4.36. The fraction of sp³-hybridized carbons (Fsp3) is 0.294. The van der Waals surface area contributed by atoms with Crippen molar-refractivity contribution in [2.24, 2.45) is 0 Å². The molecule has 0 unspecified atom stereocenters. The normalized spacial score (nSPS) is 10.6. The van der Waals surface area contributed by atoms with Gasteiger partial charge in [0, 0.05) is 6.54 Å². The number of nitrogens with one attached hydrogen (secondary N) is 1. The van der Waals surface area contributed by atoms with Crippen molar-refractivity contribution < 1.29 is 4.74 Å². The molecule has 0 bridgehead atoms. The van der Waals surface area contributed by atoms with Gasteiger partial charge in [0.05, 0.1) is 4.47 Å². The number of aryl methyl sites for hydroxylation is 1. The van der Waals surface area contributed by atoms with E-state index in [0.29, 0.717) is 0 Å². The van der Waals surface area contributed by atoms with Crippen LogP contribution in [0.25, 0.3) is 0 Å². The van der Waals surface area contributed by atoms with Crippen LogP contribution in [-0.2, 0) is 6.54 Å². The molecular weight excluding hydrogens is 314 g/mol. The van der Waals surface area contributed by atoms with Gasteiger partial charge in [0.1, 0.15) is 11.5 Å². The Morgan fingerprint density at radius 3 is 2.50 bits per heavy atom. The first kappa shape index (κ1) is 15.1. The first-order valence-electron chi connectivity index (χ1n) is 6.92. The van der Waals surface area contributed by atoms with E-state index in [4.69, 9.17) is 4.74 Å². The van der Waals surface area contributed by atoms with Gasteiger partial charge in [-0.15, -0.1) is 0 Å². The highest BCUT2D eigenvalue weighted by Crippen LogP contribution is 2.30. The molecule has 0 atom stereocenters. The minimum atomic E-state index is 0.841. The van der Waals surface area contributed by atoms with E-state index in [-0.39, 0.29) is 0 Å². The summed E-state index contributed by atoms with van der Waals surface area (Å²) in [5.74, 6) is 1.70. The average molecular weight is 334 g/mol. The molecule has 1 N–H and O–H groups in total. The Balaban J connectivity index is 2.03. The van der Waals surface area contributed by atoms with E-state index in [0.717, 1.165) is 35.5 Å². The van der Waals surface area contributed by atoms with Crippen LogP contribution in [0.15, 0.2) is 46.9 Å². The van der Waals surface area contributed by atoms with E-state index in [9.17, 15) is 0 Å². The summed E-state index contributed by atoms with van der Waals surface area (Å²) in [6, 6.07) is 14.3. The highest BCUT2D eigenvalue weighted by atomic mass is 79.9. The number of halogens is 1. The van der Waals surface area contributed by atoms with Crippen molar-refractivity contribution in [1.29, 1.82) is 0 Å². The number of benzene rings is 2. The van der Waals surface area contributed by atoms with Gasteiger partial charge in [0.25, 0.3) is 0 Å². The Hall–Kier alpha value is -1.32. The maximum Gasteiger partial charge on any atom is 0.141 e. The Bertz CT molecular complexity index is 551. The van der Waals surface area contributed by atoms with Crippen LogP contribution >= 0.6 is 15.9 Å². The topological polar surface area (TPSA) is 21.3 Å². The van der Waals surface area contributed by atoms with Crippen molar-refractivity contribution >= 4 is 15.9 Å². The maximum absolute atomic E-state index is 5.88. The molecule has 106 valence electrons. The monoisotopic (exact) mass is 333 g/mol. The van der Waals surface area contributed by atoms with Gasteiger partial charge >= 0.3 is 0 Å². The van der Waals surface area contributed by atoms with Gasteiger partial charge in [-0.3, -0.25) is 0 Å². The van der Waals surface area contributed by atoms with Gasteiger partial charge in [-0.1, -0.05) is 30.7 Å². The van der Waals surface area contributed by atoms with Crippen LogP contribution in [0.5, 0.6) is 11.5 Å². The first-order chi connectivity index (χ1) is 9.69. The van der Waals surface area contributed by atoms with Gasteiger partial charge in [-0.2, -0.15) is 0 Å². The zero-order valence-electron chi connectivity index (χ0n) is 11.9. The van der Waals surface area contributed by atoms with Crippen molar-refractivity contribution in [3.05, 3.63) is 58.1 Å². The summed E-state index contributed by atoms with van der Waals surface area (Å²) in [5, 5.41) is 3.39. The largest absolute Gasteiger partial charge is 0.456 e. The van der Waals surface area contributed by atoms with Gasteiger partial charge in [-0.05, 0) is 65.6 Å². The Morgan fingerprint density at radius 2 is 1.85 bits per heavy atom. The predicted octanol–water partition coefficient (Wildman–Crippen LogP) is 5.05. The number of ether oxygens (including phenoxy) is 1. The van der Waals surface area contributed by atoms with Crippen LogP contribution in [0.4, 0.5) is 0 Å². The molecule has 0 aliphatic carbocycles. The molecule has 0 spiro atoms. The molecule has 0 aromatic heterocycles. The second-order valence-corrected chi connectivity index (χ2v) is 5.71. The lowest BCUT2D eigenvalue weighted by Crippen LogP contribution is -2.13. The minimum absolute atomic E-state index is 0.841. The zero-order chi connectivity index (χ0) is 14.4. The minimum Gasteiger partial charge on any atom is -0.456 e. The van der Waals surface area contributed by atoms with E-state index in [1.807, 2.05) is 30.3 Å². The molecule has 0 amide bonds. The van der Waals surface area contributed by atoms with Gasteiger partial charge < -0.3 is 10.1 Å². The van der Waals surface area contributed by atoms with E-state index in [2.05, 4.69) is 47.2 Å². The van der Waals surface area contributed by atoms with Crippen LogP contribution in [0.1, 0.15) is 24.5 Å². The molecule has 2 aromatic rings. The number of rotatable bonds is 6. The summed E-state index contributed by atoms with van der Waals surface area (Å²) in [7, 11) is 0. The molecule has 3 heteroatoms. The lowest BCUT2D eigenvalue weighted by atomic mass is 10.2. The van der Waals surface area contributed by atoms with Crippen LogP contribution < -0.4 is 10.1 Å². The highest BCUT2D eigenvalue weighted by molar-refractivity contribution is 9.10. The molecule has 0 heterocycles. The first-order valence-corrected chi connectivity index (χ1v) is 7.72. The quantitative estimate of drug-likeness (QED) is 0.747. The van der Waals surface area contributed by atoms with Crippen molar-refractivity contribution in [2.45, 2.75) is 26.8 Å². The molecule has 0 fully saturated rings. The van der Waals surface area contributed by atoms with Crippen LogP contribution in [0.3, 0.4) is 0 Å². The van der Waals surface area contributed by atoms with Gasteiger partial charge in [-0.25, -0.2) is 0 Å². The Kier molecular flexibility index (Phi) is 5.62. The van der Waals surface area contributed by atoms with E-state index < -0.39 is 0 Å². The molecule has 2 nitrogen and oxygen atoms in total. The summed E-state index contributed by atoms with van der Waals surface area (Å²) in [4.78, 5) is 0. The van der Waals surface area contributed by atoms with Gasteiger partial charge in [0.2, 0.25) is 0 Å². The summed E-state index contributed by atoms with van der Waals surface area (Å²) in [5.41, 5.74) is 2.48. The smallest absolute Gasteiger partial charge is 0.141 e. The Labute approximate surface area is 129 Å². The third-order valence-electron chi connectivity index (χ3n) is 3.00. The zero-order valence-corrected chi connectivity index (χ0v) is 13.5. The van der Waals surface area contributed by atoms with E-state index in [1.54, 1.807) is 0 Å². The maximum atomic E-state index is 5.88. The fourth-order valence-corrected chi connectivity index (χ4v) is 2.39. The van der Waals surface area contributed by atoms with Crippen LogP contribution in [0, 0.1) is 6.92 Å². The summed E-state index contributed by atoms with van der Waals surface area (Å²) < 4.78 is 6.86. The molecule has 2 rings (SSSR count). The lowest BCUT2D eigenvalue weighted by Gasteiger charge is -2.10. The highest BCUT2D eigenvalue weighted by Gasteiger charge is 2.04. The molecule has 0 radical (unpaired) electrons. The molecule has 0 aliphatic heterocycles. The molecule has 2 aromatic carbocycles. The SMILES string of the molecule is CCCNCc1ccc(Oc2ccc(C)cc2)c(Br)c1. The molecule has 0 aliphatic rings. The second kappa shape index (κ2) is 7.46. The second-order valence-electron chi connectivity index (χ2n) is 4.86. The third-order valence-corrected chi connectivity index (χ3v) is 3.62. The predicted molar refractivity (Wildman–Crippen MR) is 87.4 cm³/mol. The van der Waals surface area contributed by atoms with Crippen molar-refractivity contribution in [1.82, 2.24) is 5.32 Å². The fourth-order valence-electron chi connectivity index (χ4n) is 1.88. The Morgan fingerprint density at radius 1 is 1.10 bits per heavy atom. The van der Waals surface area contributed by atoms with Crippen molar-refractivity contribution in [2.75, 3.05) is 6.54 Å². The summed E-state index contributed by atoms with van der Waals surface area (Å²) in [6.45, 7) is 6.16. The summed E-state index contributed by atoms with van der Waals surface area (Å²) in [6.07, 6.45) is 1.15. The van der Waals surface area contributed by atoms with Crippen molar-refractivity contribution in [3.63, 3.8) is 0 Å². The molecular formula is C17H20BrNO. The summed E-state index contributed by atoms with van der Waals surface area (Å²) >= 11 is 3.58. The van der Waals surface area contributed by atoms with Crippen molar-refractivity contribution in [3.8, 4) is 11.5 Å². The molecule has 0 saturated carbocycles.